The number of carbonyl (C=O) groups is 1. The van der Waals surface area contributed by atoms with Crippen molar-refractivity contribution in [3.63, 3.8) is 0 Å². The molecule has 1 aromatic heterocycles. The highest BCUT2D eigenvalue weighted by Gasteiger charge is 2.29. The average molecular weight is 421 g/mol. The maximum absolute atomic E-state index is 13.1. The van der Waals surface area contributed by atoms with Gasteiger partial charge in [0.25, 0.3) is 5.91 Å². The molecule has 2 aliphatic rings. The van der Waals surface area contributed by atoms with E-state index in [9.17, 15) is 13.2 Å². The zero-order valence-corrected chi connectivity index (χ0v) is 17.5. The molecule has 0 saturated carbocycles. The van der Waals surface area contributed by atoms with E-state index in [2.05, 4.69) is 0 Å². The Bertz CT molecular complexity index is 964. The number of hydrogen-bond donors (Lipinski definition) is 0. The molecular formula is C20H24N2O4S2. The number of fused-ring (bicyclic) bond motifs is 1. The van der Waals surface area contributed by atoms with Crippen LogP contribution in [0.4, 0.5) is 0 Å². The number of likely N-dealkylation sites (N-methyl/N-ethyl adjacent to an activating group) is 1. The predicted octanol–water partition coefficient (Wildman–Crippen LogP) is 2.75. The van der Waals surface area contributed by atoms with Gasteiger partial charge in [0.15, 0.2) is 0 Å². The monoisotopic (exact) mass is 420 g/mol. The third-order valence-corrected chi connectivity index (χ3v) is 8.20. The smallest absolute Gasteiger partial charge is 0.253 e. The fourth-order valence-electron chi connectivity index (χ4n) is 3.76. The highest BCUT2D eigenvalue weighted by atomic mass is 32.2. The molecule has 1 atom stereocenters. The van der Waals surface area contributed by atoms with Crippen molar-refractivity contribution in [1.29, 1.82) is 0 Å². The van der Waals surface area contributed by atoms with Crippen molar-refractivity contribution in [3.8, 4) is 0 Å². The summed E-state index contributed by atoms with van der Waals surface area (Å²) < 4.78 is 33.3. The number of nitrogens with zero attached hydrogens (tertiary/aromatic N) is 2. The molecule has 0 bridgehead atoms. The summed E-state index contributed by atoms with van der Waals surface area (Å²) in [5.41, 5.74) is 1.46. The number of amides is 1. The van der Waals surface area contributed by atoms with E-state index < -0.39 is 10.0 Å². The van der Waals surface area contributed by atoms with Crippen LogP contribution >= 0.6 is 11.3 Å². The second kappa shape index (κ2) is 7.94. The van der Waals surface area contributed by atoms with Crippen molar-refractivity contribution < 1.29 is 17.9 Å². The molecule has 3 heterocycles. The first-order chi connectivity index (χ1) is 13.4. The Balaban J connectivity index is 1.52. The van der Waals surface area contributed by atoms with Gasteiger partial charge < -0.3 is 9.64 Å². The summed E-state index contributed by atoms with van der Waals surface area (Å²) in [5.74, 6) is -0.189. The van der Waals surface area contributed by atoms with Gasteiger partial charge in [0.2, 0.25) is 10.0 Å². The Kier molecular flexibility index (Phi) is 5.55. The standard InChI is InChI=1S/C20H24N2O4S2/c1-21(14-17-5-3-10-26-17)20(23)15-4-2-6-18(12-15)28(24,25)22-9-7-19-16(13-22)8-11-27-19/h2,4,6,8,11-12,17H,3,5,7,9-10,13-14H2,1H3. The molecule has 8 heteroatoms. The first-order valence-electron chi connectivity index (χ1n) is 9.47. The Morgan fingerprint density at radius 1 is 1.36 bits per heavy atom. The maximum Gasteiger partial charge on any atom is 0.253 e. The number of hydrogen-bond acceptors (Lipinski definition) is 5. The van der Waals surface area contributed by atoms with Crippen molar-refractivity contribution in [2.24, 2.45) is 0 Å². The average Bonchev–Trinajstić information content (AvgIpc) is 3.38. The van der Waals surface area contributed by atoms with E-state index in [4.69, 9.17) is 4.74 Å². The fourth-order valence-corrected chi connectivity index (χ4v) is 6.12. The molecule has 6 nitrogen and oxygen atoms in total. The van der Waals surface area contributed by atoms with Crippen LogP contribution in [0.1, 0.15) is 33.6 Å². The molecule has 150 valence electrons. The lowest BCUT2D eigenvalue weighted by atomic mass is 10.1. The second-order valence-corrected chi connectivity index (χ2v) is 10.2. The van der Waals surface area contributed by atoms with Crippen LogP contribution in [0.5, 0.6) is 0 Å². The Hall–Kier alpha value is -1.74. The van der Waals surface area contributed by atoms with Crippen LogP contribution < -0.4 is 0 Å². The quantitative estimate of drug-likeness (QED) is 0.746. The molecule has 1 aromatic carbocycles. The van der Waals surface area contributed by atoms with Gasteiger partial charge in [-0.1, -0.05) is 6.07 Å². The topological polar surface area (TPSA) is 66.9 Å². The fraction of sp³-hybridized carbons (Fsp3) is 0.450. The zero-order chi connectivity index (χ0) is 19.7. The van der Waals surface area contributed by atoms with Crippen molar-refractivity contribution in [2.45, 2.75) is 36.8 Å². The number of thiophene rings is 1. The van der Waals surface area contributed by atoms with Gasteiger partial charge in [-0.3, -0.25) is 4.79 Å². The molecule has 0 spiro atoms. The van der Waals surface area contributed by atoms with Crippen LogP contribution in [0.3, 0.4) is 0 Å². The van der Waals surface area contributed by atoms with Crippen LogP contribution in [-0.2, 0) is 27.7 Å². The lowest BCUT2D eigenvalue weighted by Crippen LogP contribution is -2.36. The van der Waals surface area contributed by atoms with Gasteiger partial charge in [-0.25, -0.2) is 8.42 Å². The van der Waals surface area contributed by atoms with E-state index in [1.165, 1.54) is 15.2 Å². The molecule has 1 unspecified atom stereocenters. The molecular weight excluding hydrogens is 396 g/mol. The first kappa shape index (κ1) is 19.6. The molecule has 28 heavy (non-hydrogen) atoms. The zero-order valence-electron chi connectivity index (χ0n) is 15.8. The van der Waals surface area contributed by atoms with Crippen molar-refractivity contribution in [1.82, 2.24) is 9.21 Å². The van der Waals surface area contributed by atoms with E-state index in [0.29, 0.717) is 25.2 Å². The first-order valence-corrected chi connectivity index (χ1v) is 11.8. The minimum absolute atomic E-state index is 0.0639. The van der Waals surface area contributed by atoms with E-state index in [0.717, 1.165) is 31.4 Å². The van der Waals surface area contributed by atoms with Crippen LogP contribution in [0.25, 0.3) is 0 Å². The number of ether oxygens (including phenoxy) is 1. The highest BCUT2D eigenvalue weighted by molar-refractivity contribution is 7.89. The minimum atomic E-state index is -3.64. The van der Waals surface area contributed by atoms with Gasteiger partial charge in [-0.2, -0.15) is 4.31 Å². The lowest BCUT2D eigenvalue weighted by molar-refractivity contribution is 0.0587. The van der Waals surface area contributed by atoms with Crippen molar-refractivity contribution in [3.05, 3.63) is 51.7 Å². The second-order valence-electron chi connectivity index (χ2n) is 7.31. The summed E-state index contributed by atoms with van der Waals surface area (Å²) in [7, 11) is -1.91. The SMILES string of the molecule is CN(CC1CCCO1)C(=O)c1cccc(S(=O)(=O)N2CCc3sccc3C2)c1. The largest absolute Gasteiger partial charge is 0.376 e. The number of sulfonamides is 1. The van der Waals surface area contributed by atoms with E-state index in [1.807, 2.05) is 11.4 Å². The van der Waals surface area contributed by atoms with Crippen LogP contribution in [-0.4, -0.2) is 56.4 Å². The highest BCUT2D eigenvalue weighted by Crippen LogP contribution is 2.28. The van der Waals surface area contributed by atoms with Gasteiger partial charge in [0.1, 0.15) is 0 Å². The van der Waals surface area contributed by atoms with Crippen LogP contribution in [0.2, 0.25) is 0 Å². The molecule has 0 N–H and O–H groups in total. The number of carbonyl (C=O) groups excluding carboxylic acids is 1. The number of rotatable bonds is 5. The van der Waals surface area contributed by atoms with Gasteiger partial charge >= 0.3 is 0 Å². The van der Waals surface area contributed by atoms with Gasteiger partial charge in [-0.15, -0.1) is 11.3 Å². The Morgan fingerprint density at radius 2 is 2.21 bits per heavy atom. The Labute approximate surface area is 169 Å². The molecule has 1 fully saturated rings. The lowest BCUT2D eigenvalue weighted by Gasteiger charge is -2.26. The molecule has 0 aliphatic carbocycles. The normalized spacial score (nSPS) is 20.1. The van der Waals surface area contributed by atoms with E-state index in [1.54, 1.807) is 41.5 Å². The predicted molar refractivity (Wildman–Crippen MR) is 108 cm³/mol. The van der Waals surface area contributed by atoms with Gasteiger partial charge in [0, 0.05) is 43.7 Å². The molecule has 1 amide bonds. The molecule has 2 aliphatic heterocycles. The Morgan fingerprint density at radius 3 is 3.00 bits per heavy atom. The van der Waals surface area contributed by atoms with Crippen molar-refractivity contribution in [2.75, 3.05) is 26.7 Å². The summed E-state index contributed by atoms with van der Waals surface area (Å²) in [6.07, 6.45) is 2.76. The third-order valence-electron chi connectivity index (χ3n) is 5.34. The number of benzene rings is 1. The summed E-state index contributed by atoms with van der Waals surface area (Å²) in [6, 6.07) is 8.35. The summed E-state index contributed by atoms with van der Waals surface area (Å²) in [5, 5.41) is 2.00. The molecule has 0 radical (unpaired) electrons. The molecule has 2 aromatic rings. The van der Waals surface area contributed by atoms with Crippen LogP contribution in [0.15, 0.2) is 40.6 Å². The summed E-state index contributed by atoms with van der Waals surface area (Å²) in [4.78, 5) is 15.8. The summed E-state index contributed by atoms with van der Waals surface area (Å²) in [6.45, 7) is 2.11. The van der Waals surface area contributed by atoms with Crippen molar-refractivity contribution >= 4 is 27.3 Å². The van der Waals surface area contributed by atoms with Gasteiger partial charge in [-0.05, 0) is 54.5 Å². The summed E-state index contributed by atoms with van der Waals surface area (Å²) >= 11 is 1.67. The minimum Gasteiger partial charge on any atom is -0.376 e. The van der Waals surface area contributed by atoms with E-state index in [-0.39, 0.29) is 16.9 Å². The molecule has 4 rings (SSSR count). The maximum atomic E-state index is 13.1. The van der Waals surface area contributed by atoms with E-state index >= 15 is 0 Å². The molecule has 1 saturated heterocycles. The third kappa shape index (κ3) is 3.87. The van der Waals surface area contributed by atoms with Crippen LogP contribution in [0, 0.1) is 0 Å². The van der Waals surface area contributed by atoms with Gasteiger partial charge in [0.05, 0.1) is 11.0 Å².